The third-order valence-corrected chi connectivity index (χ3v) is 6.64. The van der Waals surface area contributed by atoms with Gasteiger partial charge in [-0.2, -0.15) is 14.4 Å². The quantitative estimate of drug-likeness (QED) is 0.658. The fourth-order valence-corrected chi connectivity index (χ4v) is 4.87. The van der Waals surface area contributed by atoms with E-state index in [1.165, 1.54) is 4.31 Å². The number of benzene rings is 1. The molecule has 27 heavy (non-hydrogen) atoms. The number of hydrogen-bond donors (Lipinski definition) is 0. The van der Waals surface area contributed by atoms with Gasteiger partial charge in [0.25, 0.3) is 5.89 Å². The Morgan fingerprint density at radius 3 is 2.67 bits per heavy atom. The number of aromatic nitrogens is 4. The minimum Gasteiger partial charge on any atom is -0.332 e. The van der Waals surface area contributed by atoms with Crippen molar-refractivity contribution < 1.29 is 12.9 Å². The zero-order chi connectivity index (χ0) is 19.2. The monoisotopic (exact) mass is 407 g/mol. The lowest BCUT2D eigenvalue weighted by Crippen LogP contribution is -2.37. The third kappa shape index (κ3) is 3.50. The van der Waals surface area contributed by atoms with Gasteiger partial charge in [-0.15, -0.1) is 0 Å². The number of aryl methyl sites for hydroxylation is 2. The van der Waals surface area contributed by atoms with Gasteiger partial charge in [-0.05, 0) is 24.6 Å². The van der Waals surface area contributed by atoms with Crippen LogP contribution < -0.4 is 0 Å². The maximum atomic E-state index is 12.9. The average Bonchev–Trinajstić information content (AvgIpc) is 3.20. The SMILES string of the molecule is Cc1noc(-c2nn(C)c3c2CN(S(=O)(=O)Cc2ccc(Cl)cc2)CC3)n1. The molecule has 1 aliphatic rings. The van der Waals surface area contributed by atoms with Crippen LogP contribution in [0.25, 0.3) is 11.6 Å². The molecule has 0 saturated heterocycles. The molecule has 8 nitrogen and oxygen atoms in total. The van der Waals surface area contributed by atoms with Gasteiger partial charge in [-0.25, -0.2) is 8.42 Å². The van der Waals surface area contributed by atoms with E-state index in [1.807, 2.05) is 7.05 Å². The topological polar surface area (TPSA) is 94.1 Å². The number of rotatable bonds is 4. The van der Waals surface area contributed by atoms with E-state index in [2.05, 4.69) is 15.2 Å². The van der Waals surface area contributed by atoms with E-state index in [0.29, 0.717) is 41.0 Å². The summed E-state index contributed by atoms with van der Waals surface area (Å²) < 4.78 is 34.3. The molecule has 1 aromatic carbocycles. The van der Waals surface area contributed by atoms with Crippen molar-refractivity contribution in [2.45, 2.75) is 25.6 Å². The van der Waals surface area contributed by atoms with Gasteiger partial charge in [-0.3, -0.25) is 4.68 Å². The van der Waals surface area contributed by atoms with Crippen LogP contribution in [0.5, 0.6) is 0 Å². The molecule has 2 aromatic heterocycles. The molecule has 3 aromatic rings. The van der Waals surface area contributed by atoms with Crippen molar-refractivity contribution in [3.8, 4) is 11.6 Å². The summed E-state index contributed by atoms with van der Waals surface area (Å²) in [5, 5.41) is 8.85. The van der Waals surface area contributed by atoms with Gasteiger partial charge >= 0.3 is 0 Å². The van der Waals surface area contributed by atoms with E-state index in [9.17, 15) is 8.42 Å². The zero-order valence-corrected chi connectivity index (χ0v) is 16.5. The lowest BCUT2D eigenvalue weighted by molar-refractivity contribution is 0.384. The Morgan fingerprint density at radius 1 is 1.26 bits per heavy atom. The molecule has 0 aliphatic carbocycles. The maximum absolute atomic E-state index is 12.9. The molecule has 0 spiro atoms. The van der Waals surface area contributed by atoms with Crippen molar-refractivity contribution in [1.82, 2.24) is 24.2 Å². The number of hydrogen-bond acceptors (Lipinski definition) is 6. The van der Waals surface area contributed by atoms with Gasteiger partial charge in [-0.1, -0.05) is 28.9 Å². The summed E-state index contributed by atoms with van der Waals surface area (Å²) in [4.78, 5) is 4.23. The highest BCUT2D eigenvalue weighted by Crippen LogP contribution is 2.30. The summed E-state index contributed by atoms with van der Waals surface area (Å²) in [7, 11) is -1.65. The highest BCUT2D eigenvalue weighted by atomic mass is 35.5. The minimum absolute atomic E-state index is 0.0746. The second kappa shape index (κ2) is 6.74. The zero-order valence-electron chi connectivity index (χ0n) is 14.9. The largest absolute Gasteiger partial charge is 0.332 e. The predicted octanol–water partition coefficient (Wildman–Crippen LogP) is 2.32. The maximum Gasteiger partial charge on any atom is 0.278 e. The Hall–Kier alpha value is -2.23. The molecule has 0 atom stereocenters. The summed E-state index contributed by atoms with van der Waals surface area (Å²) in [6.45, 7) is 2.37. The molecular formula is C17H18ClN5O3S. The third-order valence-electron chi connectivity index (χ3n) is 4.59. The first-order valence-electron chi connectivity index (χ1n) is 8.41. The smallest absolute Gasteiger partial charge is 0.278 e. The van der Waals surface area contributed by atoms with Crippen LogP contribution in [0, 0.1) is 6.92 Å². The first-order chi connectivity index (χ1) is 12.8. The standard InChI is InChI=1S/C17H18ClN5O3S/c1-11-19-17(26-21-11)16-14-9-23(8-7-15(14)22(2)20-16)27(24,25)10-12-3-5-13(18)6-4-12/h3-6H,7-10H2,1-2H3. The van der Waals surface area contributed by atoms with Crippen molar-refractivity contribution in [1.29, 1.82) is 0 Å². The first kappa shape index (κ1) is 18.1. The summed E-state index contributed by atoms with van der Waals surface area (Å²) in [5.41, 5.74) is 3.04. The van der Waals surface area contributed by atoms with Crippen molar-refractivity contribution in [2.75, 3.05) is 6.54 Å². The summed E-state index contributed by atoms with van der Waals surface area (Å²) in [5.74, 6) is 0.739. The lowest BCUT2D eigenvalue weighted by Gasteiger charge is -2.26. The molecule has 3 heterocycles. The molecule has 4 rings (SSSR count). The Kier molecular flexibility index (Phi) is 4.53. The van der Waals surface area contributed by atoms with Gasteiger partial charge in [0, 0.05) is 42.8 Å². The van der Waals surface area contributed by atoms with Crippen LogP contribution >= 0.6 is 11.6 Å². The molecule has 0 amide bonds. The summed E-state index contributed by atoms with van der Waals surface area (Å²) >= 11 is 5.88. The average molecular weight is 408 g/mol. The van der Waals surface area contributed by atoms with Crippen molar-refractivity contribution in [2.24, 2.45) is 7.05 Å². The highest BCUT2D eigenvalue weighted by Gasteiger charge is 2.32. The number of fused-ring (bicyclic) bond motifs is 1. The fraction of sp³-hybridized carbons (Fsp3) is 0.353. The van der Waals surface area contributed by atoms with Crippen LogP contribution in [-0.2, 0) is 35.8 Å². The molecule has 0 N–H and O–H groups in total. The number of halogens is 1. The van der Waals surface area contributed by atoms with Crippen molar-refractivity contribution in [3.05, 3.63) is 51.9 Å². The van der Waals surface area contributed by atoms with E-state index in [4.69, 9.17) is 16.1 Å². The van der Waals surface area contributed by atoms with E-state index in [0.717, 1.165) is 11.3 Å². The highest BCUT2D eigenvalue weighted by molar-refractivity contribution is 7.88. The van der Waals surface area contributed by atoms with E-state index < -0.39 is 10.0 Å². The molecule has 0 radical (unpaired) electrons. The number of sulfonamides is 1. The second-order valence-corrected chi connectivity index (χ2v) is 8.92. The minimum atomic E-state index is -3.49. The summed E-state index contributed by atoms with van der Waals surface area (Å²) in [6, 6.07) is 6.84. The molecule has 0 fully saturated rings. The Morgan fingerprint density at radius 2 is 2.00 bits per heavy atom. The van der Waals surface area contributed by atoms with Crippen LogP contribution in [0.3, 0.4) is 0 Å². The van der Waals surface area contributed by atoms with Gasteiger partial charge in [0.15, 0.2) is 11.5 Å². The molecule has 10 heteroatoms. The van der Waals surface area contributed by atoms with Crippen LogP contribution in [0.15, 0.2) is 28.8 Å². The van der Waals surface area contributed by atoms with E-state index in [1.54, 1.807) is 35.9 Å². The van der Waals surface area contributed by atoms with Crippen LogP contribution in [0.1, 0.15) is 22.6 Å². The number of nitrogens with zero attached hydrogens (tertiary/aromatic N) is 5. The first-order valence-corrected chi connectivity index (χ1v) is 10.4. The van der Waals surface area contributed by atoms with Crippen molar-refractivity contribution in [3.63, 3.8) is 0 Å². The second-order valence-electron chi connectivity index (χ2n) is 6.51. The van der Waals surface area contributed by atoms with Crippen LogP contribution in [-0.4, -0.2) is 39.2 Å². The molecule has 0 bridgehead atoms. The Labute approximate surface area is 161 Å². The molecule has 0 unspecified atom stereocenters. The molecular weight excluding hydrogens is 390 g/mol. The van der Waals surface area contributed by atoms with Gasteiger partial charge in [0.2, 0.25) is 10.0 Å². The van der Waals surface area contributed by atoms with E-state index in [-0.39, 0.29) is 12.3 Å². The predicted molar refractivity (Wildman–Crippen MR) is 99.4 cm³/mol. The summed E-state index contributed by atoms with van der Waals surface area (Å²) in [6.07, 6.45) is 0.575. The van der Waals surface area contributed by atoms with Gasteiger partial charge in [0.1, 0.15) is 0 Å². The fourth-order valence-electron chi connectivity index (χ4n) is 3.25. The molecule has 0 saturated carbocycles. The molecule has 1 aliphatic heterocycles. The van der Waals surface area contributed by atoms with Crippen LogP contribution in [0.4, 0.5) is 0 Å². The lowest BCUT2D eigenvalue weighted by atomic mass is 10.1. The van der Waals surface area contributed by atoms with E-state index >= 15 is 0 Å². The van der Waals surface area contributed by atoms with Crippen LogP contribution in [0.2, 0.25) is 5.02 Å². The Balaban J connectivity index is 1.63. The van der Waals surface area contributed by atoms with Gasteiger partial charge < -0.3 is 4.52 Å². The molecule has 142 valence electrons. The van der Waals surface area contributed by atoms with Gasteiger partial charge in [0.05, 0.1) is 5.75 Å². The Bertz CT molecular complexity index is 1090. The van der Waals surface area contributed by atoms with Crippen molar-refractivity contribution >= 4 is 21.6 Å². The normalized spacial score (nSPS) is 15.1.